The zero-order valence-corrected chi connectivity index (χ0v) is 27.9. The fraction of sp³-hybridized carbons (Fsp3) is 0.382. The molecule has 0 spiro atoms. The van der Waals surface area contributed by atoms with Crippen molar-refractivity contribution in [2.24, 2.45) is 0 Å². The predicted octanol–water partition coefficient (Wildman–Crippen LogP) is 7.83. The van der Waals surface area contributed by atoms with Crippen molar-refractivity contribution in [2.45, 2.75) is 72.4 Å². The van der Waals surface area contributed by atoms with Crippen LogP contribution in [-0.2, 0) is 32.4 Å². The number of nitrogens with two attached hydrogens (primary N) is 1. The van der Waals surface area contributed by atoms with E-state index in [1.54, 1.807) is 27.6 Å². The summed E-state index contributed by atoms with van der Waals surface area (Å²) in [6.45, 7) is 5.77. The van der Waals surface area contributed by atoms with E-state index < -0.39 is 18.3 Å². The predicted molar refractivity (Wildman–Crippen MR) is 187 cm³/mol. The van der Waals surface area contributed by atoms with Gasteiger partial charge in [-0.2, -0.15) is 15.3 Å². The largest absolute Gasteiger partial charge is 0.399 e. The van der Waals surface area contributed by atoms with Crippen molar-refractivity contribution in [3.63, 3.8) is 0 Å². The van der Waals surface area contributed by atoms with Crippen LogP contribution >= 0.6 is 0 Å². The Hall–Kier alpha value is -5.47. The topological polar surface area (TPSA) is 177 Å². The Kier molecular flexibility index (Phi) is 12.7. The van der Waals surface area contributed by atoms with Gasteiger partial charge in [-0.25, -0.2) is 8.78 Å². The Morgan fingerprint density at radius 1 is 0.714 bits per heavy atom. The number of nitrogens with zero attached hydrogens (tertiary/aromatic N) is 7. The highest BCUT2D eigenvalue weighted by molar-refractivity contribution is 5.86. The summed E-state index contributed by atoms with van der Waals surface area (Å²) in [5.74, 6) is 0. The minimum Gasteiger partial charge on any atom is -0.399 e. The van der Waals surface area contributed by atoms with Gasteiger partial charge in [0.05, 0.1) is 50.9 Å². The Morgan fingerprint density at radius 3 is 1.71 bits per heavy atom. The number of hydrogen-bond acceptors (Lipinski definition) is 8. The van der Waals surface area contributed by atoms with Crippen LogP contribution in [0.25, 0.3) is 32.7 Å². The van der Waals surface area contributed by atoms with Crippen molar-refractivity contribution in [3.8, 4) is 0 Å². The van der Waals surface area contributed by atoms with Crippen LogP contribution < -0.4 is 5.73 Å². The molecular weight excluding hydrogens is 636 g/mol. The van der Waals surface area contributed by atoms with Crippen LogP contribution in [-0.4, -0.2) is 53.0 Å². The maximum Gasteiger partial charge on any atom is 0.270 e. The van der Waals surface area contributed by atoms with Crippen molar-refractivity contribution < 1.29 is 18.6 Å². The number of nitro groups is 2. The molecule has 13 nitrogen and oxygen atoms in total. The van der Waals surface area contributed by atoms with Crippen LogP contribution in [0, 0.1) is 20.2 Å². The number of nitrogen functional groups attached to an aromatic ring is 1. The number of non-ortho nitro benzene ring substituents is 2. The second-order valence-electron chi connectivity index (χ2n) is 11.4. The summed E-state index contributed by atoms with van der Waals surface area (Å²) in [7, 11) is 0. The van der Waals surface area contributed by atoms with E-state index in [0.29, 0.717) is 6.54 Å². The molecular formula is C34H41F2N9O4. The van der Waals surface area contributed by atoms with E-state index in [-0.39, 0.29) is 22.8 Å². The molecule has 0 aliphatic heterocycles. The number of nitrogens with one attached hydrogen (secondary N) is 1. The molecule has 0 unspecified atom stereocenters. The smallest absolute Gasteiger partial charge is 0.270 e. The number of aromatic nitrogens is 6. The van der Waals surface area contributed by atoms with E-state index in [1.165, 1.54) is 18.2 Å². The van der Waals surface area contributed by atoms with E-state index in [1.807, 2.05) is 25.1 Å². The van der Waals surface area contributed by atoms with E-state index >= 15 is 0 Å². The second kappa shape index (κ2) is 17.1. The SMILES string of the molecule is CCCc1[nH]nc2ccc([N+](=O)[O-])cc12.CCCc1nn(CCF)c2ccc(N)cc12.CCCc1nn(CCF)c2ccc([N+](=O)[O-])cc12. The van der Waals surface area contributed by atoms with Gasteiger partial charge in [0.1, 0.15) is 13.3 Å². The molecule has 0 saturated carbocycles. The number of rotatable bonds is 12. The molecule has 3 N–H and O–H groups in total. The maximum atomic E-state index is 12.4. The molecule has 0 amide bonds. The molecule has 6 rings (SSSR count). The summed E-state index contributed by atoms with van der Waals surface area (Å²) < 4.78 is 28.1. The lowest BCUT2D eigenvalue weighted by Crippen LogP contribution is -2.02. The van der Waals surface area contributed by atoms with E-state index in [9.17, 15) is 29.0 Å². The normalized spacial score (nSPS) is 11.0. The Balaban J connectivity index is 0.000000166. The van der Waals surface area contributed by atoms with Gasteiger partial charge in [-0.05, 0) is 49.6 Å². The van der Waals surface area contributed by atoms with Crippen LogP contribution in [0.3, 0.4) is 0 Å². The first-order valence-corrected chi connectivity index (χ1v) is 16.3. The molecule has 6 aromatic rings. The van der Waals surface area contributed by atoms with Gasteiger partial charge in [-0.15, -0.1) is 0 Å². The summed E-state index contributed by atoms with van der Waals surface area (Å²) in [6, 6.07) is 14.9. The van der Waals surface area contributed by atoms with Crippen LogP contribution in [0.1, 0.15) is 57.1 Å². The molecule has 0 atom stereocenters. The summed E-state index contributed by atoms with van der Waals surface area (Å²) in [4.78, 5) is 20.6. The number of aryl methyl sites for hydroxylation is 5. The first-order chi connectivity index (χ1) is 23.6. The van der Waals surface area contributed by atoms with Gasteiger partial charge in [-0.1, -0.05) is 40.0 Å². The lowest BCUT2D eigenvalue weighted by atomic mass is 10.1. The average Bonchev–Trinajstić information content (AvgIpc) is 3.75. The van der Waals surface area contributed by atoms with Gasteiger partial charge in [0, 0.05) is 51.8 Å². The standard InChI is InChI=1S/C12H14FN3O2.C12H16FN3.C10H11N3O2/c1-2-3-11-10-8-9(16(17)18)4-5-12(10)15(14-11)7-6-13;1-2-3-11-10-8-9(14)4-5-12(10)16(15-11)7-6-13;1-2-3-9-8-6-7(13(14)15)4-5-10(8)12-11-9/h4-5,8H,2-3,6-7H2,1H3;4-5,8H,2-3,6-7,14H2,1H3;4-6H,2-3H2,1H3,(H,11,12). The first kappa shape index (κ1) is 36.4. The monoisotopic (exact) mass is 677 g/mol. The van der Waals surface area contributed by atoms with Crippen LogP contribution in [0.15, 0.2) is 54.6 Å². The molecule has 3 aromatic carbocycles. The molecule has 0 aliphatic rings. The van der Waals surface area contributed by atoms with Crippen LogP contribution in [0.4, 0.5) is 25.8 Å². The van der Waals surface area contributed by atoms with Gasteiger partial charge < -0.3 is 5.73 Å². The van der Waals surface area contributed by atoms with Crippen molar-refractivity contribution in [1.82, 2.24) is 29.8 Å². The molecule has 3 aromatic heterocycles. The number of halogens is 2. The minimum atomic E-state index is -0.501. The molecule has 0 saturated heterocycles. The second-order valence-corrected chi connectivity index (χ2v) is 11.4. The molecule has 49 heavy (non-hydrogen) atoms. The number of aromatic amines is 1. The maximum absolute atomic E-state index is 12.4. The number of H-pyrrole nitrogens is 1. The van der Waals surface area contributed by atoms with E-state index in [2.05, 4.69) is 34.2 Å². The zero-order chi connectivity index (χ0) is 35.5. The fourth-order valence-electron chi connectivity index (χ4n) is 5.56. The van der Waals surface area contributed by atoms with Gasteiger partial charge in [0.25, 0.3) is 11.4 Å². The molecule has 260 valence electrons. The van der Waals surface area contributed by atoms with Gasteiger partial charge in [0.2, 0.25) is 0 Å². The lowest BCUT2D eigenvalue weighted by molar-refractivity contribution is -0.384. The molecule has 15 heteroatoms. The highest BCUT2D eigenvalue weighted by atomic mass is 19.1. The summed E-state index contributed by atoms with van der Waals surface area (Å²) >= 11 is 0. The molecule has 3 heterocycles. The highest BCUT2D eigenvalue weighted by Crippen LogP contribution is 2.26. The number of benzene rings is 3. The molecule has 0 aliphatic carbocycles. The Bertz CT molecular complexity index is 2040. The highest BCUT2D eigenvalue weighted by Gasteiger charge is 2.15. The lowest BCUT2D eigenvalue weighted by Gasteiger charge is -1.99. The zero-order valence-electron chi connectivity index (χ0n) is 27.9. The summed E-state index contributed by atoms with van der Waals surface area (Å²) in [6.07, 6.45) is 5.40. The van der Waals surface area contributed by atoms with Gasteiger partial charge >= 0.3 is 0 Å². The van der Waals surface area contributed by atoms with Gasteiger partial charge in [0.15, 0.2) is 0 Å². The molecule has 0 bridgehead atoms. The third-order valence-corrected chi connectivity index (χ3v) is 7.77. The summed E-state index contributed by atoms with van der Waals surface area (Å²) in [5.41, 5.74) is 11.9. The van der Waals surface area contributed by atoms with Crippen molar-refractivity contribution in [3.05, 3.63) is 91.9 Å². The van der Waals surface area contributed by atoms with Crippen LogP contribution in [0.5, 0.6) is 0 Å². The van der Waals surface area contributed by atoms with E-state index in [0.717, 1.165) is 94.0 Å². The third-order valence-electron chi connectivity index (χ3n) is 7.77. The number of fused-ring (bicyclic) bond motifs is 3. The number of anilines is 1. The van der Waals surface area contributed by atoms with Gasteiger partial charge in [-0.3, -0.25) is 34.7 Å². The van der Waals surface area contributed by atoms with Crippen molar-refractivity contribution in [1.29, 1.82) is 0 Å². The van der Waals surface area contributed by atoms with Crippen LogP contribution in [0.2, 0.25) is 0 Å². The Morgan fingerprint density at radius 2 is 1.20 bits per heavy atom. The Labute approximate surface area is 281 Å². The quantitative estimate of drug-likeness (QED) is 0.0748. The number of hydrogen-bond donors (Lipinski definition) is 2. The third kappa shape index (κ3) is 8.72. The average molecular weight is 678 g/mol. The molecule has 0 radical (unpaired) electrons. The fourth-order valence-corrected chi connectivity index (χ4v) is 5.56. The summed E-state index contributed by atoms with van der Waals surface area (Å²) in [5, 5.41) is 39.8. The number of alkyl halides is 2. The van der Waals surface area contributed by atoms with Crippen molar-refractivity contribution in [2.75, 3.05) is 19.1 Å². The first-order valence-electron chi connectivity index (χ1n) is 16.3. The van der Waals surface area contributed by atoms with E-state index in [4.69, 9.17) is 5.73 Å². The molecule has 0 fully saturated rings. The minimum absolute atomic E-state index is 0.0413. The van der Waals surface area contributed by atoms with Crippen molar-refractivity contribution >= 4 is 49.8 Å². The number of nitro benzene ring substituents is 2.